The minimum Gasteiger partial charge on any atom is -0.497 e. The molecular weight excluding hydrogens is 518 g/mol. The Labute approximate surface area is 232 Å². The number of carbonyl (C=O) groups excluding carboxylic acids is 2. The molecule has 1 aliphatic heterocycles. The Morgan fingerprint density at radius 1 is 0.897 bits per heavy atom. The first-order valence-electron chi connectivity index (χ1n) is 12.3. The smallest absolute Gasteiger partial charge is 0.238 e. The maximum Gasteiger partial charge on any atom is 0.238 e. The van der Waals surface area contributed by atoms with Crippen LogP contribution in [0, 0.1) is 0 Å². The third kappa shape index (κ3) is 7.02. The molecule has 1 aliphatic rings. The lowest BCUT2D eigenvalue weighted by atomic mass is 10.1. The predicted octanol–water partition coefficient (Wildman–Crippen LogP) is 4.92. The van der Waals surface area contributed by atoms with Crippen molar-refractivity contribution < 1.29 is 28.5 Å². The molecule has 0 bridgehead atoms. The normalized spacial score (nSPS) is 16.1. The molecule has 204 valence electrons. The van der Waals surface area contributed by atoms with E-state index in [-0.39, 0.29) is 18.2 Å². The van der Waals surface area contributed by atoms with Crippen LogP contribution in [0.4, 0.5) is 11.4 Å². The van der Waals surface area contributed by atoms with Gasteiger partial charge in [-0.1, -0.05) is 17.8 Å². The summed E-state index contributed by atoms with van der Waals surface area (Å²) in [6, 6.07) is 19.9. The van der Waals surface area contributed by atoms with Gasteiger partial charge in [0.2, 0.25) is 11.8 Å². The molecule has 1 atom stereocenters. The van der Waals surface area contributed by atoms with Crippen molar-refractivity contribution in [2.75, 3.05) is 40.3 Å². The van der Waals surface area contributed by atoms with Crippen LogP contribution in [0.3, 0.4) is 0 Å². The third-order valence-corrected chi connectivity index (χ3v) is 7.35. The number of hydrogen-bond acceptors (Lipinski definition) is 8. The van der Waals surface area contributed by atoms with Gasteiger partial charge in [-0.3, -0.25) is 14.5 Å². The number of hydrogen-bond donors (Lipinski definition) is 1. The number of methoxy groups -OCH3 is 4. The summed E-state index contributed by atoms with van der Waals surface area (Å²) in [5, 5.41) is 2.73. The summed E-state index contributed by atoms with van der Waals surface area (Å²) in [7, 11) is 6.35. The highest BCUT2D eigenvalue weighted by Crippen LogP contribution is 2.32. The number of aliphatic imine (C=N–C) groups is 1. The van der Waals surface area contributed by atoms with Gasteiger partial charge in [-0.2, -0.15) is 0 Å². The molecule has 0 saturated carbocycles. The van der Waals surface area contributed by atoms with Crippen LogP contribution in [0.5, 0.6) is 23.0 Å². The van der Waals surface area contributed by atoms with Crippen LogP contribution in [-0.2, 0) is 16.0 Å². The average Bonchev–Trinajstić information content (AvgIpc) is 2.97. The van der Waals surface area contributed by atoms with Crippen LogP contribution < -0.4 is 24.3 Å². The zero-order chi connectivity index (χ0) is 27.8. The number of nitrogens with one attached hydrogen (secondary N) is 1. The molecule has 0 unspecified atom stereocenters. The lowest BCUT2D eigenvalue weighted by Gasteiger charge is -2.32. The lowest BCUT2D eigenvalue weighted by Crippen LogP contribution is -2.46. The Bertz CT molecular complexity index is 1330. The predicted molar refractivity (Wildman–Crippen MR) is 153 cm³/mol. The largest absolute Gasteiger partial charge is 0.497 e. The van der Waals surface area contributed by atoms with Gasteiger partial charge in [-0.15, -0.1) is 0 Å². The van der Waals surface area contributed by atoms with Gasteiger partial charge in [0.1, 0.15) is 16.7 Å². The first-order chi connectivity index (χ1) is 18.9. The number of rotatable bonds is 10. The maximum atomic E-state index is 13.4. The Morgan fingerprint density at radius 2 is 1.54 bits per heavy atom. The van der Waals surface area contributed by atoms with Crippen LogP contribution in [0.1, 0.15) is 12.0 Å². The van der Waals surface area contributed by atoms with E-state index in [0.717, 1.165) is 5.56 Å². The van der Waals surface area contributed by atoms with Crippen LogP contribution in [0.25, 0.3) is 0 Å². The molecule has 10 heteroatoms. The fourth-order valence-corrected chi connectivity index (χ4v) is 5.13. The average molecular weight is 550 g/mol. The van der Waals surface area contributed by atoms with Crippen molar-refractivity contribution in [3.05, 3.63) is 72.3 Å². The highest BCUT2D eigenvalue weighted by Gasteiger charge is 2.36. The standard InChI is InChI=1S/C29H31N3O6S/c1-35-22-10-6-20(7-11-22)30-28(34)26-18-27(33)32(16-15-19-5-14-24(37-3)25(17-19)38-4)29(39-26)31-21-8-12-23(36-2)13-9-21/h5-14,17,26H,15-16,18H2,1-4H3,(H,30,34)/t26-/m1/s1. The molecule has 3 aromatic carbocycles. The first-order valence-corrected chi connectivity index (χ1v) is 13.2. The van der Waals surface area contributed by atoms with Crippen molar-refractivity contribution in [2.24, 2.45) is 4.99 Å². The topological polar surface area (TPSA) is 98.7 Å². The van der Waals surface area contributed by atoms with Gasteiger partial charge in [0.15, 0.2) is 16.7 Å². The molecule has 9 nitrogen and oxygen atoms in total. The summed E-state index contributed by atoms with van der Waals surface area (Å²) >= 11 is 1.27. The van der Waals surface area contributed by atoms with Crippen LogP contribution >= 0.6 is 11.8 Å². The fourth-order valence-electron chi connectivity index (χ4n) is 4.00. The van der Waals surface area contributed by atoms with E-state index in [0.29, 0.717) is 52.5 Å². The van der Waals surface area contributed by atoms with Crippen molar-refractivity contribution >= 4 is 40.1 Å². The van der Waals surface area contributed by atoms with Crippen LogP contribution in [-0.4, -0.2) is 62.1 Å². The number of amides is 2. The molecule has 0 spiro atoms. The molecular formula is C29H31N3O6S. The van der Waals surface area contributed by atoms with E-state index in [1.807, 2.05) is 30.3 Å². The molecule has 39 heavy (non-hydrogen) atoms. The molecule has 4 rings (SSSR count). The molecule has 2 amide bonds. The highest BCUT2D eigenvalue weighted by molar-refractivity contribution is 8.15. The van der Waals surface area contributed by atoms with Gasteiger partial charge in [-0.25, -0.2) is 4.99 Å². The molecule has 1 saturated heterocycles. The van der Waals surface area contributed by atoms with Crippen molar-refractivity contribution in [3.63, 3.8) is 0 Å². The minimum atomic E-state index is -0.631. The van der Waals surface area contributed by atoms with Gasteiger partial charge >= 0.3 is 0 Å². The number of thioether (sulfide) groups is 1. The van der Waals surface area contributed by atoms with Gasteiger partial charge in [0, 0.05) is 18.7 Å². The number of nitrogens with zero attached hydrogens (tertiary/aromatic N) is 2. The number of carbonyl (C=O) groups is 2. The summed E-state index contributed by atoms with van der Waals surface area (Å²) in [6.45, 7) is 0.392. The summed E-state index contributed by atoms with van der Waals surface area (Å²) < 4.78 is 21.2. The van der Waals surface area contributed by atoms with Crippen molar-refractivity contribution in [1.82, 2.24) is 4.90 Å². The van der Waals surface area contributed by atoms with E-state index in [1.54, 1.807) is 69.7 Å². The molecule has 1 N–H and O–H groups in total. The molecule has 3 aromatic rings. The first kappa shape index (κ1) is 27.8. The van der Waals surface area contributed by atoms with E-state index < -0.39 is 5.25 Å². The van der Waals surface area contributed by atoms with E-state index in [9.17, 15) is 9.59 Å². The van der Waals surface area contributed by atoms with Crippen LogP contribution in [0.2, 0.25) is 0 Å². The third-order valence-electron chi connectivity index (χ3n) is 6.16. The summed E-state index contributed by atoms with van der Waals surface area (Å²) in [6.07, 6.45) is 0.622. The Hall–Kier alpha value is -4.18. The lowest BCUT2D eigenvalue weighted by molar-refractivity contribution is -0.129. The van der Waals surface area contributed by atoms with E-state index >= 15 is 0 Å². The number of ether oxygens (including phenoxy) is 4. The molecule has 1 fully saturated rings. The SMILES string of the molecule is COc1ccc(N=C2S[C@@H](C(=O)Nc3ccc(OC)cc3)CC(=O)N2CCc2ccc(OC)c(OC)c2)cc1. The Morgan fingerprint density at radius 3 is 2.15 bits per heavy atom. The van der Waals surface area contributed by atoms with Crippen molar-refractivity contribution in [1.29, 1.82) is 0 Å². The Balaban J connectivity index is 1.54. The van der Waals surface area contributed by atoms with E-state index in [1.165, 1.54) is 11.8 Å². The number of anilines is 1. The van der Waals surface area contributed by atoms with Gasteiger partial charge in [0.25, 0.3) is 0 Å². The second kappa shape index (κ2) is 13.1. The zero-order valence-corrected chi connectivity index (χ0v) is 23.1. The fraction of sp³-hybridized carbons (Fsp3) is 0.276. The monoisotopic (exact) mass is 549 g/mol. The molecule has 0 radical (unpaired) electrons. The maximum absolute atomic E-state index is 13.4. The summed E-state index contributed by atoms with van der Waals surface area (Å²) in [4.78, 5) is 32.9. The Kier molecular flexibility index (Phi) is 9.32. The number of amidine groups is 1. The van der Waals surface area contributed by atoms with Crippen molar-refractivity contribution in [2.45, 2.75) is 18.1 Å². The van der Waals surface area contributed by atoms with Gasteiger partial charge < -0.3 is 24.3 Å². The molecule has 0 aliphatic carbocycles. The highest BCUT2D eigenvalue weighted by atomic mass is 32.2. The van der Waals surface area contributed by atoms with Crippen LogP contribution in [0.15, 0.2) is 71.7 Å². The van der Waals surface area contributed by atoms with E-state index in [4.69, 9.17) is 23.9 Å². The molecule has 1 heterocycles. The second-order valence-corrected chi connectivity index (χ2v) is 9.78. The second-order valence-electron chi connectivity index (χ2n) is 8.61. The summed E-state index contributed by atoms with van der Waals surface area (Å²) in [5.41, 5.74) is 2.26. The zero-order valence-electron chi connectivity index (χ0n) is 22.3. The van der Waals surface area contributed by atoms with Gasteiger partial charge in [0.05, 0.1) is 34.1 Å². The minimum absolute atomic E-state index is 0.0558. The van der Waals surface area contributed by atoms with E-state index in [2.05, 4.69) is 5.32 Å². The summed E-state index contributed by atoms with van der Waals surface area (Å²) in [5.74, 6) is 2.22. The van der Waals surface area contributed by atoms with Crippen molar-refractivity contribution in [3.8, 4) is 23.0 Å². The van der Waals surface area contributed by atoms with Gasteiger partial charge in [-0.05, 0) is 72.6 Å². The number of benzene rings is 3. The molecule has 0 aromatic heterocycles. The quantitative estimate of drug-likeness (QED) is 0.383.